The highest BCUT2D eigenvalue weighted by Gasteiger charge is 2.49. The largest absolute Gasteiger partial charge is 0.351 e. The number of methoxy groups -OCH3 is 2. The summed E-state index contributed by atoms with van der Waals surface area (Å²) in [6, 6.07) is 0.627. The molecule has 1 aliphatic carbocycles. The van der Waals surface area contributed by atoms with Crippen LogP contribution in [0.25, 0.3) is 0 Å². The van der Waals surface area contributed by atoms with Gasteiger partial charge in [0.05, 0.1) is 26.3 Å². The number of hydrogen-bond donors (Lipinski definition) is 0. The molecule has 0 N–H and O–H groups in total. The van der Waals surface area contributed by atoms with Gasteiger partial charge in [-0.3, -0.25) is 4.90 Å². The number of rotatable bonds is 3. The molecule has 5 heteroatoms. The lowest BCUT2D eigenvalue weighted by Gasteiger charge is -2.52. The fraction of sp³-hybridized carbons (Fsp3) is 1.00. The van der Waals surface area contributed by atoms with Crippen LogP contribution in [0.2, 0.25) is 0 Å². The van der Waals surface area contributed by atoms with Crippen LogP contribution in [0.1, 0.15) is 25.7 Å². The average molecular weight is 257 g/mol. The first-order valence-corrected chi connectivity index (χ1v) is 6.83. The highest BCUT2D eigenvalue weighted by molar-refractivity contribution is 4.96. The van der Waals surface area contributed by atoms with Gasteiger partial charge in [-0.15, -0.1) is 0 Å². The molecule has 0 aromatic rings. The van der Waals surface area contributed by atoms with Gasteiger partial charge in [0, 0.05) is 33.1 Å². The molecule has 1 spiro atoms. The summed E-state index contributed by atoms with van der Waals surface area (Å²) in [7, 11) is 3.44. The maximum absolute atomic E-state index is 5.75. The third-order valence-electron chi connectivity index (χ3n) is 4.68. The Labute approximate surface area is 108 Å². The van der Waals surface area contributed by atoms with Gasteiger partial charge in [0.15, 0.2) is 11.6 Å². The molecular weight excluding hydrogens is 234 g/mol. The monoisotopic (exact) mass is 257 g/mol. The molecule has 0 amide bonds. The minimum atomic E-state index is -0.366. The molecule has 3 aliphatic rings. The first kappa shape index (κ1) is 12.8. The second-order valence-electron chi connectivity index (χ2n) is 5.56. The van der Waals surface area contributed by atoms with Gasteiger partial charge in [0.1, 0.15) is 0 Å². The van der Waals surface area contributed by atoms with Crippen LogP contribution in [0.4, 0.5) is 0 Å². The van der Waals surface area contributed by atoms with Crippen molar-refractivity contribution < 1.29 is 18.9 Å². The average Bonchev–Trinajstić information content (AvgIpc) is 2.80. The van der Waals surface area contributed by atoms with Gasteiger partial charge in [-0.05, 0) is 12.8 Å². The Morgan fingerprint density at radius 1 is 1.00 bits per heavy atom. The van der Waals surface area contributed by atoms with Gasteiger partial charge in [-0.1, -0.05) is 0 Å². The lowest BCUT2D eigenvalue weighted by Crippen LogP contribution is -2.67. The van der Waals surface area contributed by atoms with Crippen molar-refractivity contribution in [2.45, 2.75) is 43.3 Å². The second kappa shape index (κ2) is 4.72. The van der Waals surface area contributed by atoms with Crippen molar-refractivity contribution in [1.82, 2.24) is 4.90 Å². The van der Waals surface area contributed by atoms with E-state index in [9.17, 15) is 0 Å². The number of hydrogen-bond acceptors (Lipinski definition) is 5. The molecule has 2 heterocycles. The Bertz CT molecular complexity index is 281. The molecule has 3 rings (SSSR count). The topological polar surface area (TPSA) is 40.2 Å². The predicted octanol–water partition coefficient (Wildman–Crippen LogP) is 0.977. The van der Waals surface area contributed by atoms with E-state index in [-0.39, 0.29) is 11.6 Å². The van der Waals surface area contributed by atoms with E-state index in [1.165, 1.54) is 0 Å². The Morgan fingerprint density at radius 3 is 2.06 bits per heavy atom. The van der Waals surface area contributed by atoms with Gasteiger partial charge in [0.25, 0.3) is 0 Å². The zero-order valence-electron chi connectivity index (χ0n) is 11.3. The maximum atomic E-state index is 5.75. The third kappa shape index (κ3) is 2.08. The van der Waals surface area contributed by atoms with Crippen LogP contribution in [0.3, 0.4) is 0 Å². The fourth-order valence-electron chi connectivity index (χ4n) is 3.37. The van der Waals surface area contributed by atoms with Crippen LogP contribution in [0.5, 0.6) is 0 Å². The van der Waals surface area contributed by atoms with Crippen LogP contribution >= 0.6 is 0 Å². The van der Waals surface area contributed by atoms with Crippen molar-refractivity contribution in [1.29, 1.82) is 0 Å². The first-order valence-electron chi connectivity index (χ1n) is 6.83. The molecular formula is C13H23NO4. The molecule has 2 aliphatic heterocycles. The summed E-state index contributed by atoms with van der Waals surface area (Å²) >= 11 is 0. The first-order chi connectivity index (χ1) is 8.71. The van der Waals surface area contributed by atoms with Crippen LogP contribution < -0.4 is 0 Å². The van der Waals surface area contributed by atoms with Crippen molar-refractivity contribution in [2.75, 3.05) is 40.5 Å². The normalized spacial score (nSPS) is 31.7. The summed E-state index contributed by atoms with van der Waals surface area (Å²) in [6.07, 6.45) is 4.31. The molecule has 5 nitrogen and oxygen atoms in total. The lowest BCUT2D eigenvalue weighted by atomic mass is 9.87. The predicted molar refractivity (Wildman–Crippen MR) is 65.2 cm³/mol. The number of ether oxygens (including phenoxy) is 4. The summed E-state index contributed by atoms with van der Waals surface area (Å²) in [5.74, 6) is -0.615. The third-order valence-corrected chi connectivity index (χ3v) is 4.68. The molecule has 0 radical (unpaired) electrons. The molecule has 0 unspecified atom stereocenters. The molecule has 2 saturated heterocycles. The summed E-state index contributed by atoms with van der Waals surface area (Å²) in [5, 5.41) is 0. The van der Waals surface area contributed by atoms with E-state index in [1.807, 2.05) is 0 Å². The highest BCUT2D eigenvalue weighted by Crippen LogP contribution is 2.40. The second-order valence-corrected chi connectivity index (χ2v) is 5.56. The summed E-state index contributed by atoms with van der Waals surface area (Å²) in [4.78, 5) is 2.45. The minimum Gasteiger partial charge on any atom is -0.351 e. The van der Waals surface area contributed by atoms with E-state index in [1.54, 1.807) is 14.2 Å². The lowest BCUT2D eigenvalue weighted by molar-refractivity contribution is -0.287. The number of nitrogens with zero attached hydrogens (tertiary/aromatic N) is 1. The van der Waals surface area contributed by atoms with Crippen LogP contribution in [0.15, 0.2) is 0 Å². The Balaban J connectivity index is 1.49. The highest BCUT2D eigenvalue weighted by atomic mass is 16.7. The van der Waals surface area contributed by atoms with Crippen molar-refractivity contribution in [3.05, 3.63) is 0 Å². The minimum absolute atomic E-state index is 0.249. The smallest absolute Gasteiger partial charge is 0.193 e. The fourth-order valence-corrected chi connectivity index (χ4v) is 3.37. The van der Waals surface area contributed by atoms with E-state index in [4.69, 9.17) is 18.9 Å². The number of likely N-dealkylation sites (tertiary alicyclic amines) is 1. The molecule has 0 atom stereocenters. The van der Waals surface area contributed by atoms with Crippen LogP contribution in [-0.4, -0.2) is 63.0 Å². The van der Waals surface area contributed by atoms with Crippen molar-refractivity contribution >= 4 is 0 Å². The molecule has 0 bridgehead atoms. The summed E-state index contributed by atoms with van der Waals surface area (Å²) < 4.78 is 22.4. The van der Waals surface area contributed by atoms with Crippen molar-refractivity contribution in [2.24, 2.45) is 0 Å². The molecule has 0 aromatic heterocycles. The van der Waals surface area contributed by atoms with Gasteiger partial charge in [-0.25, -0.2) is 0 Å². The SMILES string of the molecule is COC1(OC)CN(C2CCC3(CC2)OCCO3)C1. The van der Waals surface area contributed by atoms with E-state index in [0.29, 0.717) is 6.04 Å². The van der Waals surface area contributed by atoms with Gasteiger partial charge < -0.3 is 18.9 Å². The molecule has 104 valence electrons. The van der Waals surface area contributed by atoms with Crippen molar-refractivity contribution in [3.8, 4) is 0 Å². The Kier molecular flexibility index (Phi) is 3.36. The molecule has 1 saturated carbocycles. The zero-order chi connectivity index (χ0) is 12.6. The Morgan fingerprint density at radius 2 is 1.56 bits per heavy atom. The Hall–Kier alpha value is -0.200. The summed E-state index contributed by atoms with van der Waals surface area (Å²) in [5.41, 5.74) is 0. The van der Waals surface area contributed by atoms with Gasteiger partial charge >= 0.3 is 0 Å². The van der Waals surface area contributed by atoms with E-state index >= 15 is 0 Å². The molecule has 0 aromatic carbocycles. The van der Waals surface area contributed by atoms with Gasteiger partial charge in [0.2, 0.25) is 0 Å². The summed E-state index contributed by atoms with van der Waals surface area (Å²) in [6.45, 7) is 3.26. The quantitative estimate of drug-likeness (QED) is 0.705. The molecule has 3 fully saturated rings. The van der Waals surface area contributed by atoms with E-state index in [2.05, 4.69) is 4.90 Å². The van der Waals surface area contributed by atoms with E-state index in [0.717, 1.165) is 52.0 Å². The van der Waals surface area contributed by atoms with Gasteiger partial charge in [-0.2, -0.15) is 0 Å². The van der Waals surface area contributed by atoms with Crippen LogP contribution in [-0.2, 0) is 18.9 Å². The molecule has 18 heavy (non-hydrogen) atoms. The maximum Gasteiger partial charge on any atom is 0.193 e. The zero-order valence-corrected chi connectivity index (χ0v) is 11.3. The van der Waals surface area contributed by atoms with Crippen molar-refractivity contribution in [3.63, 3.8) is 0 Å². The van der Waals surface area contributed by atoms with Crippen LogP contribution in [0, 0.1) is 0 Å². The van der Waals surface area contributed by atoms with E-state index < -0.39 is 0 Å². The standard InChI is InChI=1S/C13H23NO4/c1-15-13(16-2)9-14(10-13)11-3-5-12(6-4-11)17-7-8-18-12/h11H,3-10H2,1-2H3.